The van der Waals surface area contributed by atoms with Gasteiger partial charge in [0.2, 0.25) is 5.91 Å². The van der Waals surface area contributed by atoms with Crippen molar-refractivity contribution in [1.82, 2.24) is 0 Å². The summed E-state index contributed by atoms with van der Waals surface area (Å²) in [5.74, 6) is 0.657. The van der Waals surface area contributed by atoms with Crippen molar-refractivity contribution in [2.45, 2.75) is 43.8 Å². The number of rotatable bonds is 3. The van der Waals surface area contributed by atoms with Gasteiger partial charge in [0.1, 0.15) is 0 Å². The van der Waals surface area contributed by atoms with Crippen molar-refractivity contribution >= 4 is 29.0 Å². The van der Waals surface area contributed by atoms with Crippen LogP contribution in [0.4, 0.5) is 11.4 Å². The summed E-state index contributed by atoms with van der Waals surface area (Å²) in [6.45, 7) is 9.12. The lowest BCUT2D eigenvalue weighted by molar-refractivity contribution is -0.120. The molecule has 0 spiro atoms. The second-order valence-electron chi connectivity index (χ2n) is 5.72. The van der Waals surface area contributed by atoms with Gasteiger partial charge in [-0.15, -0.1) is 11.8 Å². The van der Waals surface area contributed by atoms with E-state index in [-0.39, 0.29) is 10.7 Å². The normalized spacial score (nSPS) is 22.8. The first-order valence-corrected chi connectivity index (χ1v) is 7.59. The molecule has 0 saturated carbocycles. The highest BCUT2D eigenvalue weighted by atomic mass is 32.2. The van der Waals surface area contributed by atoms with Crippen LogP contribution >= 0.6 is 11.8 Å². The maximum Gasteiger partial charge on any atom is 0.243 e. The van der Waals surface area contributed by atoms with Crippen LogP contribution in [0.3, 0.4) is 0 Å². The molecule has 104 valence electrons. The van der Waals surface area contributed by atoms with E-state index in [1.165, 1.54) is 0 Å². The zero-order chi connectivity index (χ0) is 14.2. The highest BCUT2D eigenvalue weighted by Crippen LogP contribution is 2.47. The quantitative estimate of drug-likeness (QED) is 0.860. The molecule has 0 radical (unpaired) electrons. The zero-order valence-corrected chi connectivity index (χ0v) is 12.9. The predicted molar refractivity (Wildman–Crippen MR) is 82.6 cm³/mol. The largest absolute Gasteiger partial charge is 0.399 e. The van der Waals surface area contributed by atoms with E-state index in [4.69, 9.17) is 5.73 Å². The number of hydrogen-bond donors (Lipinski definition) is 1. The molecule has 1 heterocycles. The van der Waals surface area contributed by atoms with E-state index >= 15 is 0 Å². The number of nitrogens with zero attached hydrogens (tertiary/aromatic N) is 1. The molecular formula is C15H22N2OS. The Morgan fingerprint density at radius 2 is 2.11 bits per heavy atom. The van der Waals surface area contributed by atoms with Gasteiger partial charge in [-0.1, -0.05) is 20.8 Å². The van der Waals surface area contributed by atoms with Crippen LogP contribution in [0, 0.1) is 5.92 Å². The van der Waals surface area contributed by atoms with Crippen LogP contribution in [0.5, 0.6) is 0 Å². The molecule has 1 unspecified atom stereocenters. The van der Waals surface area contributed by atoms with Gasteiger partial charge in [0.15, 0.2) is 0 Å². The molecule has 1 aliphatic rings. The van der Waals surface area contributed by atoms with Crippen LogP contribution in [0.1, 0.15) is 34.1 Å². The van der Waals surface area contributed by atoms with Crippen LogP contribution in [0.25, 0.3) is 0 Å². The SMILES string of the molecule is CCC1(C)Sc2cc(N)ccc2N(CC(C)C)C1=O. The van der Waals surface area contributed by atoms with Crippen LogP contribution in [-0.2, 0) is 4.79 Å². The van der Waals surface area contributed by atoms with Crippen molar-refractivity contribution in [2.75, 3.05) is 17.2 Å². The number of nitrogens with two attached hydrogens (primary N) is 1. The number of carbonyl (C=O) groups excluding carboxylic acids is 1. The first-order valence-electron chi connectivity index (χ1n) is 6.78. The van der Waals surface area contributed by atoms with E-state index in [0.717, 1.165) is 29.2 Å². The van der Waals surface area contributed by atoms with Crippen molar-refractivity contribution in [3.63, 3.8) is 0 Å². The Bertz CT molecular complexity index is 501. The molecule has 2 rings (SSSR count). The third-order valence-electron chi connectivity index (χ3n) is 3.53. The van der Waals surface area contributed by atoms with E-state index in [9.17, 15) is 4.79 Å². The second-order valence-corrected chi connectivity index (χ2v) is 7.27. The number of amides is 1. The lowest BCUT2D eigenvalue weighted by Crippen LogP contribution is -2.49. The third-order valence-corrected chi connectivity index (χ3v) is 4.99. The Morgan fingerprint density at radius 1 is 1.42 bits per heavy atom. The molecule has 0 fully saturated rings. The van der Waals surface area contributed by atoms with Crippen LogP contribution in [0.2, 0.25) is 0 Å². The van der Waals surface area contributed by atoms with Crippen LogP contribution < -0.4 is 10.6 Å². The van der Waals surface area contributed by atoms with Crippen molar-refractivity contribution in [2.24, 2.45) is 5.92 Å². The molecule has 1 atom stereocenters. The number of fused-ring (bicyclic) bond motifs is 1. The molecule has 0 saturated heterocycles. The number of anilines is 2. The summed E-state index contributed by atoms with van der Waals surface area (Å²) in [7, 11) is 0. The molecule has 3 nitrogen and oxygen atoms in total. The second kappa shape index (κ2) is 5.08. The molecule has 0 bridgehead atoms. The van der Waals surface area contributed by atoms with E-state index in [0.29, 0.717) is 5.92 Å². The maximum atomic E-state index is 12.7. The molecular weight excluding hydrogens is 256 g/mol. The smallest absolute Gasteiger partial charge is 0.243 e. The Morgan fingerprint density at radius 3 is 2.68 bits per heavy atom. The monoisotopic (exact) mass is 278 g/mol. The van der Waals surface area contributed by atoms with Gasteiger partial charge < -0.3 is 10.6 Å². The van der Waals surface area contributed by atoms with E-state index in [1.54, 1.807) is 11.8 Å². The first kappa shape index (κ1) is 14.3. The fourth-order valence-corrected chi connectivity index (χ4v) is 3.59. The third kappa shape index (κ3) is 2.59. The summed E-state index contributed by atoms with van der Waals surface area (Å²) in [6, 6.07) is 5.81. The van der Waals surface area contributed by atoms with Gasteiger partial charge >= 0.3 is 0 Å². The van der Waals surface area contributed by atoms with E-state index in [1.807, 2.05) is 30.0 Å². The average Bonchev–Trinajstić information content (AvgIpc) is 2.34. The molecule has 4 heteroatoms. The summed E-state index contributed by atoms with van der Waals surface area (Å²) in [6.07, 6.45) is 0.819. The summed E-state index contributed by atoms with van der Waals surface area (Å²) in [5.41, 5.74) is 7.63. The van der Waals surface area contributed by atoms with E-state index < -0.39 is 0 Å². The average molecular weight is 278 g/mol. The lowest BCUT2D eigenvalue weighted by atomic mass is 10.0. The summed E-state index contributed by atoms with van der Waals surface area (Å²) in [4.78, 5) is 15.8. The minimum atomic E-state index is -0.379. The molecule has 1 aliphatic heterocycles. The standard InChI is InChI=1S/C15H22N2OS/c1-5-15(4)14(18)17(9-10(2)3)12-7-6-11(16)8-13(12)19-15/h6-8,10H,5,9,16H2,1-4H3. The number of carbonyl (C=O) groups is 1. The van der Waals surface area contributed by atoms with Gasteiger partial charge in [0.05, 0.1) is 10.4 Å². The Kier molecular flexibility index (Phi) is 3.81. The van der Waals surface area contributed by atoms with Crippen LogP contribution in [0.15, 0.2) is 23.1 Å². The molecule has 19 heavy (non-hydrogen) atoms. The number of benzene rings is 1. The summed E-state index contributed by atoms with van der Waals surface area (Å²) in [5, 5.41) is 0. The molecule has 1 amide bonds. The van der Waals surface area contributed by atoms with E-state index in [2.05, 4.69) is 20.8 Å². The highest BCUT2D eigenvalue weighted by molar-refractivity contribution is 8.01. The summed E-state index contributed by atoms with van der Waals surface area (Å²) >= 11 is 1.64. The minimum absolute atomic E-state index is 0.214. The Labute approximate surface area is 119 Å². The van der Waals surface area contributed by atoms with Crippen molar-refractivity contribution in [3.05, 3.63) is 18.2 Å². The number of thioether (sulfide) groups is 1. The van der Waals surface area contributed by atoms with Gasteiger partial charge in [-0.2, -0.15) is 0 Å². The minimum Gasteiger partial charge on any atom is -0.399 e. The van der Waals surface area contributed by atoms with Crippen LogP contribution in [-0.4, -0.2) is 17.2 Å². The zero-order valence-electron chi connectivity index (χ0n) is 12.1. The fourth-order valence-electron chi connectivity index (χ4n) is 2.29. The van der Waals surface area contributed by atoms with Gasteiger partial charge in [-0.25, -0.2) is 0 Å². The number of hydrogen-bond acceptors (Lipinski definition) is 3. The van der Waals surface area contributed by atoms with Crippen molar-refractivity contribution in [1.29, 1.82) is 0 Å². The number of nitrogen functional groups attached to an aromatic ring is 1. The molecule has 0 aliphatic carbocycles. The summed E-state index contributed by atoms with van der Waals surface area (Å²) < 4.78 is -0.379. The molecule has 0 aromatic heterocycles. The highest BCUT2D eigenvalue weighted by Gasteiger charge is 2.42. The van der Waals surface area contributed by atoms with Gasteiger partial charge in [0, 0.05) is 17.1 Å². The Hall–Kier alpha value is -1.16. The molecule has 2 N–H and O–H groups in total. The fraction of sp³-hybridized carbons (Fsp3) is 0.533. The lowest BCUT2D eigenvalue weighted by Gasteiger charge is -2.40. The Balaban J connectivity index is 2.50. The first-order chi connectivity index (χ1) is 8.87. The predicted octanol–water partition coefficient (Wildman–Crippen LogP) is 3.53. The van der Waals surface area contributed by atoms with Gasteiger partial charge in [-0.3, -0.25) is 4.79 Å². The van der Waals surface area contributed by atoms with Gasteiger partial charge in [-0.05, 0) is 37.5 Å². The van der Waals surface area contributed by atoms with Gasteiger partial charge in [0.25, 0.3) is 0 Å². The van der Waals surface area contributed by atoms with Crippen molar-refractivity contribution < 1.29 is 4.79 Å². The molecule has 1 aromatic rings. The van der Waals surface area contributed by atoms with Crippen molar-refractivity contribution in [3.8, 4) is 0 Å². The maximum absolute atomic E-state index is 12.7. The topological polar surface area (TPSA) is 46.3 Å². The molecule has 1 aromatic carbocycles.